The lowest BCUT2D eigenvalue weighted by Gasteiger charge is -2.12. The number of anilines is 2. The number of ether oxygens (including phenoxy) is 1. The predicted molar refractivity (Wildman–Crippen MR) is 92.8 cm³/mol. The second-order valence-corrected chi connectivity index (χ2v) is 6.10. The second kappa shape index (κ2) is 6.79. The molecule has 0 fully saturated rings. The van der Waals surface area contributed by atoms with Gasteiger partial charge in [0.2, 0.25) is 0 Å². The van der Waals surface area contributed by atoms with E-state index in [0.717, 1.165) is 21.4 Å². The largest absolute Gasteiger partial charge is 0.573 e. The number of aryl methyl sites for hydroxylation is 1. The SMILES string of the molecule is Cn1ncc(Br)c1-c1cccc(Nc2cccc(OC(F)(F)F)c2)c1. The number of alkyl halides is 3. The molecule has 0 saturated carbocycles. The summed E-state index contributed by atoms with van der Waals surface area (Å²) in [5, 5.41) is 7.26. The van der Waals surface area contributed by atoms with Crippen molar-refractivity contribution in [2.24, 2.45) is 7.05 Å². The van der Waals surface area contributed by atoms with E-state index in [1.54, 1.807) is 16.9 Å². The molecule has 1 N–H and O–H groups in total. The zero-order valence-electron chi connectivity index (χ0n) is 13.0. The molecule has 0 unspecified atom stereocenters. The van der Waals surface area contributed by atoms with E-state index in [-0.39, 0.29) is 5.75 Å². The number of nitrogens with one attached hydrogen (secondary N) is 1. The highest BCUT2D eigenvalue weighted by molar-refractivity contribution is 9.10. The minimum atomic E-state index is -4.72. The van der Waals surface area contributed by atoms with E-state index in [1.165, 1.54) is 18.2 Å². The molecule has 0 saturated heterocycles. The van der Waals surface area contributed by atoms with Crippen LogP contribution in [0.2, 0.25) is 0 Å². The van der Waals surface area contributed by atoms with E-state index in [2.05, 4.69) is 31.1 Å². The van der Waals surface area contributed by atoms with Crippen molar-refractivity contribution in [1.82, 2.24) is 9.78 Å². The van der Waals surface area contributed by atoms with Gasteiger partial charge in [-0.05, 0) is 40.2 Å². The summed E-state index contributed by atoms with van der Waals surface area (Å²) in [6.45, 7) is 0. The molecule has 1 aromatic heterocycles. The molecule has 0 radical (unpaired) electrons. The fourth-order valence-corrected chi connectivity index (χ4v) is 2.99. The van der Waals surface area contributed by atoms with Gasteiger partial charge >= 0.3 is 6.36 Å². The first-order valence-corrected chi connectivity index (χ1v) is 8.02. The lowest BCUT2D eigenvalue weighted by atomic mass is 10.1. The highest BCUT2D eigenvalue weighted by Gasteiger charge is 2.31. The molecule has 0 aliphatic rings. The van der Waals surface area contributed by atoms with Crippen LogP contribution in [-0.4, -0.2) is 16.1 Å². The van der Waals surface area contributed by atoms with Crippen LogP contribution in [-0.2, 0) is 7.05 Å². The van der Waals surface area contributed by atoms with Gasteiger partial charge in [0, 0.05) is 30.1 Å². The lowest BCUT2D eigenvalue weighted by molar-refractivity contribution is -0.274. The summed E-state index contributed by atoms with van der Waals surface area (Å²) in [5.74, 6) is -0.275. The predicted octanol–water partition coefficient (Wildman–Crippen LogP) is 5.49. The van der Waals surface area contributed by atoms with E-state index in [9.17, 15) is 13.2 Å². The molecule has 1 heterocycles. The first-order chi connectivity index (χ1) is 11.8. The summed E-state index contributed by atoms with van der Waals surface area (Å²) in [6.07, 6.45) is -3.02. The third-order valence-corrected chi connectivity index (χ3v) is 3.97. The molecular formula is C17H13BrF3N3O. The van der Waals surface area contributed by atoms with Crippen LogP contribution in [0.4, 0.5) is 24.5 Å². The normalized spacial score (nSPS) is 11.4. The minimum absolute atomic E-state index is 0.275. The van der Waals surface area contributed by atoms with Gasteiger partial charge < -0.3 is 10.1 Å². The molecule has 2 aromatic carbocycles. The van der Waals surface area contributed by atoms with Gasteiger partial charge in [-0.3, -0.25) is 4.68 Å². The van der Waals surface area contributed by atoms with Crippen molar-refractivity contribution >= 4 is 27.3 Å². The molecule has 0 atom stereocenters. The third-order valence-electron chi connectivity index (χ3n) is 3.39. The smallest absolute Gasteiger partial charge is 0.406 e. The van der Waals surface area contributed by atoms with Crippen LogP contribution in [0, 0.1) is 0 Å². The van der Waals surface area contributed by atoms with Gasteiger partial charge in [-0.2, -0.15) is 5.10 Å². The van der Waals surface area contributed by atoms with Crippen molar-refractivity contribution in [3.05, 3.63) is 59.2 Å². The number of hydrogen-bond donors (Lipinski definition) is 1. The van der Waals surface area contributed by atoms with Gasteiger partial charge in [0.25, 0.3) is 0 Å². The van der Waals surface area contributed by atoms with E-state index < -0.39 is 6.36 Å². The number of benzene rings is 2. The molecule has 4 nitrogen and oxygen atoms in total. The number of aromatic nitrogens is 2. The van der Waals surface area contributed by atoms with Crippen LogP contribution in [0.15, 0.2) is 59.2 Å². The van der Waals surface area contributed by atoms with E-state index in [1.807, 2.05) is 31.3 Å². The van der Waals surface area contributed by atoms with Gasteiger partial charge in [-0.25, -0.2) is 0 Å². The summed E-state index contributed by atoms with van der Waals surface area (Å²) in [7, 11) is 1.83. The molecule has 3 aromatic rings. The average molecular weight is 412 g/mol. The molecule has 25 heavy (non-hydrogen) atoms. The van der Waals surface area contributed by atoms with Crippen LogP contribution in [0.3, 0.4) is 0 Å². The Labute approximate surface area is 150 Å². The van der Waals surface area contributed by atoms with Crippen molar-refractivity contribution < 1.29 is 17.9 Å². The molecular weight excluding hydrogens is 399 g/mol. The highest BCUT2D eigenvalue weighted by Crippen LogP contribution is 2.31. The summed E-state index contributed by atoms with van der Waals surface area (Å²) in [5.41, 5.74) is 3.04. The fraction of sp³-hybridized carbons (Fsp3) is 0.118. The van der Waals surface area contributed by atoms with Crippen molar-refractivity contribution in [3.8, 4) is 17.0 Å². The Balaban J connectivity index is 1.85. The molecule has 0 aliphatic heterocycles. The second-order valence-electron chi connectivity index (χ2n) is 5.25. The van der Waals surface area contributed by atoms with Crippen molar-refractivity contribution in [1.29, 1.82) is 0 Å². The lowest BCUT2D eigenvalue weighted by Crippen LogP contribution is -2.17. The Kier molecular flexibility index (Phi) is 4.71. The zero-order valence-corrected chi connectivity index (χ0v) is 14.6. The van der Waals surface area contributed by atoms with Crippen LogP contribution < -0.4 is 10.1 Å². The number of hydrogen-bond acceptors (Lipinski definition) is 3. The number of rotatable bonds is 4. The minimum Gasteiger partial charge on any atom is -0.406 e. The Bertz CT molecular complexity index is 873. The molecule has 0 aliphatic carbocycles. The molecule has 3 rings (SSSR count). The van der Waals surface area contributed by atoms with Gasteiger partial charge in [0.1, 0.15) is 5.75 Å². The van der Waals surface area contributed by atoms with E-state index >= 15 is 0 Å². The molecule has 130 valence electrons. The Hall–Kier alpha value is -2.48. The van der Waals surface area contributed by atoms with Crippen LogP contribution in [0.1, 0.15) is 0 Å². The average Bonchev–Trinajstić information content (AvgIpc) is 2.85. The van der Waals surface area contributed by atoms with Crippen molar-refractivity contribution in [2.45, 2.75) is 6.36 Å². The summed E-state index contributed by atoms with van der Waals surface area (Å²) < 4.78 is 43.5. The standard InChI is InChI=1S/C17H13BrF3N3O/c1-24-16(15(18)10-22-24)11-4-2-5-12(8-11)23-13-6-3-7-14(9-13)25-17(19,20)21/h2-10,23H,1H3. The Morgan fingerprint density at radius 2 is 1.76 bits per heavy atom. The highest BCUT2D eigenvalue weighted by atomic mass is 79.9. The third kappa shape index (κ3) is 4.33. The van der Waals surface area contributed by atoms with Gasteiger partial charge in [-0.1, -0.05) is 18.2 Å². The summed E-state index contributed by atoms with van der Waals surface area (Å²) in [4.78, 5) is 0. The quantitative estimate of drug-likeness (QED) is 0.616. The van der Waals surface area contributed by atoms with E-state index in [0.29, 0.717) is 5.69 Å². The van der Waals surface area contributed by atoms with Gasteiger partial charge in [0.15, 0.2) is 0 Å². The zero-order chi connectivity index (χ0) is 18.0. The number of nitrogens with zero attached hydrogens (tertiary/aromatic N) is 2. The van der Waals surface area contributed by atoms with Crippen LogP contribution >= 0.6 is 15.9 Å². The molecule has 0 amide bonds. The van der Waals surface area contributed by atoms with Crippen LogP contribution in [0.25, 0.3) is 11.3 Å². The first-order valence-electron chi connectivity index (χ1n) is 7.22. The summed E-state index contributed by atoms with van der Waals surface area (Å²) >= 11 is 3.46. The van der Waals surface area contributed by atoms with Gasteiger partial charge in [-0.15, -0.1) is 13.2 Å². The fourth-order valence-electron chi connectivity index (χ4n) is 2.42. The monoisotopic (exact) mass is 411 g/mol. The van der Waals surface area contributed by atoms with Crippen molar-refractivity contribution in [2.75, 3.05) is 5.32 Å². The topological polar surface area (TPSA) is 39.1 Å². The summed E-state index contributed by atoms with van der Waals surface area (Å²) in [6, 6.07) is 13.2. The Morgan fingerprint density at radius 3 is 2.40 bits per heavy atom. The van der Waals surface area contributed by atoms with Crippen molar-refractivity contribution in [3.63, 3.8) is 0 Å². The van der Waals surface area contributed by atoms with Gasteiger partial charge in [0.05, 0.1) is 16.4 Å². The maximum Gasteiger partial charge on any atom is 0.573 e. The molecule has 8 heteroatoms. The van der Waals surface area contributed by atoms with Crippen LogP contribution in [0.5, 0.6) is 5.75 Å². The maximum atomic E-state index is 12.3. The first kappa shape index (κ1) is 17.3. The Morgan fingerprint density at radius 1 is 1.08 bits per heavy atom. The molecule has 0 bridgehead atoms. The van der Waals surface area contributed by atoms with E-state index in [4.69, 9.17) is 0 Å². The maximum absolute atomic E-state index is 12.3. The molecule has 0 spiro atoms. The number of halogens is 4.